The van der Waals surface area contributed by atoms with E-state index in [1.165, 1.54) is 0 Å². The molecular formula is C30H44N2O10. The van der Waals surface area contributed by atoms with Crippen LogP contribution in [0.4, 0.5) is 9.59 Å². The Labute approximate surface area is 247 Å². The smallest absolute Gasteiger partial charge is 0.407 e. The summed E-state index contributed by atoms with van der Waals surface area (Å²) in [5.41, 5.74) is 1.32. The first-order chi connectivity index (χ1) is 20.1. The van der Waals surface area contributed by atoms with Crippen LogP contribution in [0.1, 0.15) is 57.9 Å². The zero-order valence-corrected chi connectivity index (χ0v) is 24.6. The van der Waals surface area contributed by atoms with Gasteiger partial charge in [-0.1, -0.05) is 31.4 Å². The van der Waals surface area contributed by atoms with E-state index < -0.39 is 30.2 Å². The average molecular weight is 593 g/mol. The lowest BCUT2D eigenvalue weighted by Gasteiger charge is -2.15. The quantitative estimate of drug-likeness (QED) is 0.0826. The van der Waals surface area contributed by atoms with Gasteiger partial charge in [0, 0.05) is 29.8 Å². The van der Waals surface area contributed by atoms with Crippen molar-refractivity contribution in [1.82, 2.24) is 10.6 Å². The summed E-state index contributed by atoms with van der Waals surface area (Å²) in [5.74, 6) is -0.403. The van der Waals surface area contributed by atoms with Gasteiger partial charge in [0.15, 0.2) is 0 Å². The molecule has 0 saturated carbocycles. The fourth-order valence-electron chi connectivity index (χ4n) is 3.18. The number of ether oxygens (including phenoxy) is 5. The highest BCUT2D eigenvalue weighted by Crippen LogP contribution is 2.19. The van der Waals surface area contributed by atoms with Crippen LogP contribution < -0.4 is 15.4 Å². The van der Waals surface area contributed by atoms with Crippen LogP contribution in [0.25, 0.3) is 0 Å². The highest BCUT2D eigenvalue weighted by Gasteiger charge is 2.12. The summed E-state index contributed by atoms with van der Waals surface area (Å²) in [4.78, 5) is 46.4. The average Bonchev–Trinajstić information content (AvgIpc) is 2.96. The fourth-order valence-corrected chi connectivity index (χ4v) is 3.18. The Bertz CT molecular complexity index is 1030. The zero-order valence-electron chi connectivity index (χ0n) is 24.6. The van der Waals surface area contributed by atoms with Crippen molar-refractivity contribution in [3.63, 3.8) is 0 Å². The molecule has 0 aliphatic carbocycles. The van der Waals surface area contributed by atoms with E-state index in [0.717, 1.165) is 12.8 Å². The monoisotopic (exact) mass is 592 g/mol. The topological polar surface area (TPSA) is 159 Å². The van der Waals surface area contributed by atoms with E-state index in [0.29, 0.717) is 74.4 Å². The largest absolute Gasteiger partial charge is 0.490 e. The van der Waals surface area contributed by atoms with Gasteiger partial charge in [-0.3, -0.25) is 0 Å². The van der Waals surface area contributed by atoms with Crippen molar-refractivity contribution in [2.75, 3.05) is 39.5 Å². The van der Waals surface area contributed by atoms with Crippen LogP contribution >= 0.6 is 0 Å². The molecule has 1 unspecified atom stereocenters. The maximum atomic E-state index is 12.0. The molecule has 2 amide bonds. The molecular weight excluding hydrogens is 548 g/mol. The Morgan fingerprint density at radius 3 is 1.81 bits per heavy atom. The Morgan fingerprint density at radius 1 is 0.738 bits per heavy atom. The van der Waals surface area contributed by atoms with Crippen molar-refractivity contribution in [1.29, 1.82) is 0 Å². The van der Waals surface area contributed by atoms with Gasteiger partial charge in [0.05, 0.1) is 13.2 Å². The number of para-hydroxylation sites is 1. The predicted octanol–water partition coefficient (Wildman–Crippen LogP) is 3.96. The molecule has 42 heavy (non-hydrogen) atoms. The van der Waals surface area contributed by atoms with Crippen LogP contribution in [0.15, 0.2) is 48.6 Å². The molecule has 12 nitrogen and oxygen atoms in total. The van der Waals surface area contributed by atoms with Gasteiger partial charge in [-0.2, -0.15) is 0 Å². The molecule has 0 radical (unpaired) electrons. The third kappa shape index (κ3) is 17.6. The van der Waals surface area contributed by atoms with Crippen LogP contribution in [0.5, 0.6) is 5.75 Å². The molecule has 0 heterocycles. The maximum Gasteiger partial charge on any atom is 0.407 e. The number of aliphatic hydroxyl groups is 1. The lowest BCUT2D eigenvalue weighted by atomic mass is 10.2. The number of hydrogen-bond acceptors (Lipinski definition) is 10. The summed E-state index contributed by atoms with van der Waals surface area (Å²) in [6, 6.07) is 6.92. The number of nitrogens with one attached hydrogen (secondary N) is 2. The minimum atomic E-state index is -1.07. The molecule has 1 aromatic rings. The highest BCUT2D eigenvalue weighted by atomic mass is 16.6. The number of esters is 2. The highest BCUT2D eigenvalue weighted by molar-refractivity contribution is 5.87. The van der Waals surface area contributed by atoms with Crippen molar-refractivity contribution in [3.05, 3.63) is 54.1 Å². The lowest BCUT2D eigenvalue weighted by Crippen LogP contribution is -2.31. The number of aliphatic hydroxyl groups excluding tert-OH is 1. The first-order valence-electron chi connectivity index (χ1n) is 14.0. The van der Waals surface area contributed by atoms with Crippen molar-refractivity contribution in [2.45, 2.75) is 65.1 Å². The SMILES string of the molecule is C=C(C)C(=O)OCCCCCNC(=O)OCc1ccccc1OCC(O)COC(=O)NCCCCCOC(=O)C(=C)C. The van der Waals surface area contributed by atoms with Crippen molar-refractivity contribution < 1.29 is 48.0 Å². The summed E-state index contributed by atoms with van der Waals surface area (Å²) in [5, 5.41) is 15.4. The minimum Gasteiger partial charge on any atom is -0.490 e. The van der Waals surface area contributed by atoms with Crippen LogP contribution in [-0.2, 0) is 35.1 Å². The molecule has 3 N–H and O–H groups in total. The van der Waals surface area contributed by atoms with Gasteiger partial charge in [0.25, 0.3) is 0 Å². The summed E-state index contributed by atoms with van der Waals surface area (Å²) in [7, 11) is 0. The minimum absolute atomic E-state index is 0.0375. The normalized spacial score (nSPS) is 11.0. The van der Waals surface area contributed by atoms with Gasteiger partial charge in [0.2, 0.25) is 0 Å². The van der Waals surface area contributed by atoms with Gasteiger partial charge in [-0.25, -0.2) is 19.2 Å². The van der Waals surface area contributed by atoms with E-state index >= 15 is 0 Å². The number of carbonyl (C=O) groups is 4. The molecule has 0 aromatic heterocycles. The molecule has 1 rings (SSSR count). The molecule has 0 aliphatic heterocycles. The first-order valence-corrected chi connectivity index (χ1v) is 14.0. The zero-order chi connectivity index (χ0) is 31.2. The Balaban J connectivity index is 2.18. The first kappa shape index (κ1) is 36.0. The lowest BCUT2D eigenvalue weighted by molar-refractivity contribution is -0.139. The maximum absolute atomic E-state index is 12.0. The van der Waals surface area contributed by atoms with Crippen LogP contribution in [0.2, 0.25) is 0 Å². The third-order valence-electron chi connectivity index (χ3n) is 5.51. The van der Waals surface area contributed by atoms with Crippen molar-refractivity contribution in [3.8, 4) is 5.75 Å². The van der Waals surface area contributed by atoms with E-state index in [9.17, 15) is 24.3 Å². The van der Waals surface area contributed by atoms with Crippen molar-refractivity contribution in [2.24, 2.45) is 0 Å². The van der Waals surface area contributed by atoms with Crippen molar-refractivity contribution >= 4 is 24.1 Å². The third-order valence-corrected chi connectivity index (χ3v) is 5.51. The van der Waals surface area contributed by atoms with E-state index in [-0.39, 0.29) is 19.8 Å². The molecule has 1 aromatic carbocycles. The van der Waals surface area contributed by atoms with Crippen LogP contribution in [0, 0.1) is 0 Å². The molecule has 0 aliphatic rings. The predicted molar refractivity (Wildman–Crippen MR) is 155 cm³/mol. The van der Waals surface area contributed by atoms with E-state index in [4.69, 9.17) is 23.7 Å². The Morgan fingerprint density at radius 2 is 1.26 bits per heavy atom. The molecule has 0 bridgehead atoms. The second-order valence-electron chi connectivity index (χ2n) is 9.55. The second kappa shape index (κ2) is 21.7. The number of amides is 2. The number of carbonyl (C=O) groups excluding carboxylic acids is 4. The summed E-state index contributed by atoms with van der Waals surface area (Å²) >= 11 is 0. The van der Waals surface area contributed by atoms with Crippen LogP contribution in [0.3, 0.4) is 0 Å². The fraction of sp³-hybridized carbons (Fsp3) is 0.533. The number of rotatable bonds is 21. The second-order valence-corrected chi connectivity index (χ2v) is 9.55. The van der Waals surface area contributed by atoms with Crippen LogP contribution in [-0.4, -0.2) is 74.9 Å². The van der Waals surface area contributed by atoms with Gasteiger partial charge in [-0.05, 0) is 58.4 Å². The van der Waals surface area contributed by atoms with Gasteiger partial charge in [-0.15, -0.1) is 0 Å². The number of benzene rings is 1. The van der Waals surface area contributed by atoms with Gasteiger partial charge in [0.1, 0.15) is 31.7 Å². The molecule has 234 valence electrons. The van der Waals surface area contributed by atoms with E-state index in [1.54, 1.807) is 38.1 Å². The molecule has 0 fully saturated rings. The number of hydrogen-bond donors (Lipinski definition) is 3. The number of alkyl carbamates (subject to hydrolysis) is 2. The summed E-state index contributed by atoms with van der Waals surface area (Å²) in [6.45, 7) is 11.2. The summed E-state index contributed by atoms with van der Waals surface area (Å²) in [6.07, 6.45) is 1.94. The Hall–Kier alpha value is -4.06. The van der Waals surface area contributed by atoms with E-state index in [1.807, 2.05) is 0 Å². The standard InChI is InChI=1S/C30H44N2O10/c1-22(2)27(34)38-17-11-5-9-15-31-29(36)41-19-24-13-7-8-14-26(24)40-20-25(33)21-42-30(37)32-16-10-6-12-18-39-28(35)23(3)4/h7-8,13-14,25,33H,1,3,5-6,9-12,15-21H2,2,4H3,(H,31,36)(H,32,37). The Kier molecular flexibility index (Phi) is 18.5. The molecule has 1 atom stereocenters. The van der Waals surface area contributed by atoms with Gasteiger partial charge >= 0.3 is 24.1 Å². The molecule has 12 heteroatoms. The van der Waals surface area contributed by atoms with Gasteiger partial charge < -0.3 is 39.4 Å². The molecule has 0 saturated heterocycles. The molecule has 0 spiro atoms. The number of unbranched alkanes of at least 4 members (excludes halogenated alkanes) is 4. The summed E-state index contributed by atoms with van der Waals surface area (Å²) < 4.78 is 25.9. The van der Waals surface area contributed by atoms with E-state index in [2.05, 4.69) is 23.8 Å².